The largest absolute Gasteiger partial charge is 0.462 e. The minimum Gasteiger partial charge on any atom is -0.462 e. The van der Waals surface area contributed by atoms with Crippen LogP contribution < -0.4 is 0 Å². The first-order valence-corrected chi connectivity index (χ1v) is 6.05. The summed E-state index contributed by atoms with van der Waals surface area (Å²) in [7, 11) is 0. The second kappa shape index (κ2) is 6.60. The molecule has 0 aliphatic rings. The number of benzene rings is 1. The first-order valence-electron chi connectivity index (χ1n) is 5.67. The number of carbonyl (C=O) groups excluding carboxylic acids is 1. The Morgan fingerprint density at radius 3 is 2.88 bits per heavy atom. The highest BCUT2D eigenvalue weighted by Crippen LogP contribution is 2.19. The van der Waals surface area contributed by atoms with E-state index in [1.54, 1.807) is 0 Å². The van der Waals surface area contributed by atoms with Crippen LogP contribution in [-0.2, 0) is 4.74 Å². The SMILES string of the molecule is CCCC(C)COC(=O)c1cccc(Cl)c1F. The van der Waals surface area contributed by atoms with E-state index in [4.69, 9.17) is 16.3 Å². The van der Waals surface area contributed by atoms with E-state index in [1.165, 1.54) is 18.2 Å². The van der Waals surface area contributed by atoms with Gasteiger partial charge in [-0.15, -0.1) is 0 Å². The van der Waals surface area contributed by atoms with Crippen LogP contribution in [-0.4, -0.2) is 12.6 Å². The molecule has 0 saturated carbocycles. The van der Waals surface area contributed by atoms with Crippen LogP contribution in [0.25, 0.3) is 0 Å². The summed E-state index contributed by atoms with van der Waals surface area (Å²) in [5, 5.41) is -0.0685. The fourth-order valence-corrected chi connectivity index (χ4v) is 1.71. The van der Waals surface area contributed by atoms with Crippen molar-refractivity contribution in [1.82, 2.24) is 0 Å². The van der Waals surface area contributed by atoms with Crippen LogP contribution in [0.2, 0.25) is 5.02 Å². The minimum atomic E-state index is -0.720. The molecule has 0 amide bonds. The molecule has 0 radical (unpaired) electrons. The predicted molar refractivity (Wildman–Crippen MR) is 65.8 cm³/mol. The lowest BCUT2D eigenvalue weighted by atomic mass is 10.1. The van der Waals surface area contributed by atoms with E-state index in [0.717, 1.165) is 12.8 Å². The van der Waals surface area contributed by atoms with Gasteiger partial charge in [-0.1, -0.05) is 37.9 Å². The van der Waals surface area contributed by atoms with Crippen LogP contribution in [0, 0.1) is 11.7 Å². The molecule has 0 aromatic heterocycles. The Hall–Kier alpha value is -1.09. The van der Waals surface area contributed by atoms with Gasteiger partial charge in [-0.25, -0.2) is 9.18 Å². The van der Waals surface area contributed by atoms with Crippen molar-refractivity contribution in [3.8, 4) is 0 Å². The summed E-state index contributed by atoms with van der Waals surface area (Å²) in [6.07, 6.45) is 2.01. The van der Waals surface area contributed by atoms with Crippen molar-refractivity contribution in [1.29, 1.82) is 0 Å². The molecule has 1 aromatic carbocycles. The molecular formula is C13H16ClFO2. The highest BCUT2D eigenvalue weighted by Gasteiger charge is 2.16. The highest BCUT2D eigenvalue weighted by atomic mass is 35.5. The van der Waals surface area contributed by atoms with E-state index < -0.39 is 11.8 Å². The van der Waals surface area contributed by atoms with E-state index in [9.17, 15) is 9.18 Å². The van der Waals surface area contributed by atoms with Gasteiger partial charge in [0.2, 0.25) is 0 Å². The van der Waals surface area contributed by atoms with Crippen LogP contribution in [0.3, 0.4) is 0 Å². The second-order valence-electron chi connectivity index (χ2n) is 4.09. The second-order valence-corrected chi connectivity index (χ2v) is 4.50. The van der Waals surface area contributed by atoms with E-state index >= 15 is 0 Å². The van der Waals surface area contributed by atoms with E-state index in [2.05, 4.69) is 6.92 Å². The van der Waals surface area contributed by atoms with Crippen LogP contribution in [0.15, 0.2) is 18.2 Å². The van der Waals surface area contributed by atoms with Crippen molar-refractivity contribution in [2.45, 2.75) is 26.7 Å². The third kappa shape index (κ3) is 4.00. The Balaban J connectivity index is 2.61. The summed E-state index contributed by atoms with van der Waals surface area (Å²) in [6.45, 7) is 4.36. The van der Waals surface area contributed by atoms with E-state index in [1.807, 2.05) is 6.92 Å². The van der Waals surface area contributed by atoms with Crippen molar-refractivity contribution < 1.29 is 13.9 Å². The molecule has 4 heteroatoms. The molecule has 0 aliphatic carbocycles. The van der Waals surface area contributed by atoms with Crippen LogP contribution in [0.4, 0.5) is 4.39 Å². The van der Waals surface area contributed by atoms with Gasteiger partial charge in [0.05, 0.1) is 17.2 Å². The van der Waals surface area contributed by atoms with Gasteiger partial charge in [0.15, 0.2) is 5.82 Å². The van der Waals surface area contributed by atoms with Crippen molar-refractivity contribution >= 4 is 17.6 Å². The maximum absolute atomic E-state index is 13.5. The standard InChI is InChI=1S/C13H16ClFO2/c1-3-5-9(2)8-17-13(16)10-6-4-7-11(14)12(10)15/h4,6-7,9H,3,5,8H2,1-2H3. The summed E-state index contributed by atoms with van der Waals surface area (Å²) >= 11 is 5.59. The number of ether oxygens (including phenoxy) is 1. The van der Waals surface area contributed by atoms with Gasteiger partial charge in [-0.3, -0.25) is 0 Å². The zero-order valence-corrected chi connectivity index (χ0v) is 10.8. The van der Waals surface area contributed by atoms with Crippen LogP contribution in [0.1, 0.15) is 37.0 Å². The number of rotatable bonds is 5. The van der Waals surface area contributed by atoms with E-state index in [-0.39, 0.29) is 16.5 Å². The van der Waals surface area contributed by atoms with E-state index in [0.29, 0.717) is 6.61 Å². The average molecular weight is 259 g/mol. The molecule has 2 nitrogen and oxygen atoms in total. The van der Waals surface area contributed by atoms with Gasteiger partial charge in [0.1, 0.15) is 0 Å². The van der Waals surface area contributed by atoms with Gasteiger partial charge in [-0.05, 0) is 24.5 Å². The monoisotopic (exact) mass is 258 g/mol. The average Bonchev–Trinajstić information content (AvgIpc) is 2.30. The Morgan fingerprint density at radius 2 is 2.24 bits per heavy atom. The number of halogens is 2. The molecule has 0 saturated heterocycles. The first-order chi connectivity index (χ1) is 8.06. The highest BCUT2D eigenvalue weighted by molar-refractivity contribution is 6.31. The number of esters is 1. The molecule has 94 valence electrons. The summed E-state index contributed by atoms with van der Waals surface area (Å²) in [4.78, 5) is 11.6. The van der Waals surface area contributed by atoms with Crippen LogP contribution in [0.5, 0.6) is 0 Å². The molecule has 1 unspecified atom stereocenters. The molecule has 0 bridgehead atoms. The van der Waals surface area contributed by atoms with Gasteiger partial charge in [0.25, 0.3) is 0 Å². The van der Waals surface area contributed by atoms with Crippen LogP contribution >= 0.6 is 11.6 Å². The molecule has 0 fully saturated rings. The topological polar surface area (TPSA) is 26.3 Å². The smallest absolute Gasteiger partial charge is 0.341 e. The zero-order chi connectivity index (χ0) is 12.8. The normalized spacial score (nSPS) is 12.2. The maximum atomic E-state index is 13.5. The molecule has 0 spiro atoms. The Labute approximate surface area is 106 Å². The first kappa shape index (κ1) is 14.0. The lowest BCUT2D eigenvalue weighted by molar-refractivity contribution is 0.0438. The quantitative estimate of drug-likeness (QED) is 0.744. The third-order valence-corrected chi connectivity index (χ3v) is 2.74. The van der Waals surface area contributed by atoms with Crippen molar-refractivity contribution in [3.63, 3.8) is 0 Å². The molecule has 1 rings (SSSR count). The summed E-state index contributed by atoms with van der Waals surface area (Å²) < 4.78 is 18.5. The third-order valence-electron chi connectivity index (χ3n) is 2.45. The van der Waals surface area contributed by atoms with Gasteiger partial charge in [-0.2, -0.15) is 0 Å². The molecule has 1 atom stereocenters. The van der Waals surface area contributed by atoms with Gasteiger partial charge < -0.3 is 4.74 Å². The van der Waals surface area contributed by atoms with Gasteiger partial charge in [0, 0.05) is 0 Å². The number of carbonyl (C=O) groups is 1. The van der Waals surface area contributed by atoms with Crippen molar-refractivity contribution in [2.24, 2.45) is 5.92 Å². The van der Waals surface area contributed by atoms with Crippen molar-refractivity contribution in [3.05, 3.63) is 34.6 Å². The fraction of sp³-hybridized carbons (Fsp3) is 0.462. The van der Waals surface area contributed by atoms with Crippen molar-refractivity contribution in [2.75, 3.05) is 6.61 Å². The maximum Gasteiger partial charge on any atom is 0.341 e. The summed E-state index contributed by atoms with van der Waals surface area (Å²) in [5.74, 6) is -1.10. The summed E-state index contributed by atoms with van der Waals surface area (Å²) in [6, 6.07) is 4.29. The molecule has 0 heterocycles. The predicted octanol–water partition coefficient (Wildman–Crippen LogP) is 4.07. The Kier molecular flexibility index (Phi) is 5.42. The van der Waals surface area contributed by atoms with Gasteiger partial charge >= 0.3 is 5.97 Å². The molecule has 0 N–H and O–H groups in total. The number of hydrogen-bond acceptors (Lipinski definition) is 2. The summed E-state index contributed by atoms with van der Waals surface area (Å²) in [5.41, 5.74) is -0.110. The molecule has 17 heavy (non-hydrogen) atoms. The molecule has 0 aliphatic heterocycles. The number of hydrogen-bond donors (Lipinski definition) is 0. The lowest BCUT2D eigenvalue weighted by Crippen LogP contribution is -2.13. The Morgan fingerprint density at radius 1 is 1.53 bits per heavy atom. The molecular weight excluding hydrogens is 243 g/mol. The fourth-order valence-electron chi connectivity index (χ4n) is 1.53. The minimum absolute atomic E-state index is 0.0685. The molecule has 1 aromatic rings. The Bertz CT molecular complexity index is 393. The lowest BCUT2D eigenvalue weighted by Gasteiger charge is -2.11. The zero-order valence-electron chi connectivity index (χ0n) is 10.0.